The molecule has 5 nitrogen and oxygen atoms in total. The van der Waals surface area contributed by atoms with E-state index in [9.17, 15) is 9.18 Å². The van der Waals surface area contributed by atoms with Crippen LogP contribution in [0.1, 0.15) is 52.1 Å². The molecule has 1 amide bonds. The van der Waals surface area contributed by atoms with Crippen LogP contribution in [0.4, 0.5) is 9.18 Å². The van der Waals surface area contributed by atoms with E-state index >= 15 is 0 Å². The minimum Gasteiger partial charge on any atom is -0.444 e. The van der Waals surface area contributed by atoms with Gasteiger partial charge in [-0.2, -0.15) is 9.49 Å². The van der Waals surface area contributed by atoms with E-state index in [1.807, 2.05) is 48.9 Å². The van der Waals surface area contributed by atoms with Crippen LogP contribution in [0, 0.1) is 23.0 Å². The van der Waals surface area contributed by atoms with Gasteiger partial charge in [-0.1, -0.05) is 0 Å². The summed E-state index contributed by atoms with van der Waals surface area (Å²) in [5.74, 6) is 2.63. The summed E-state index contributed by atoms with van der Waals surface area (Å²) in [6.45, 7) is 8.77. The molecule has 138 valence electrons. The first-order valence-corrected chi connectivity index (χ1v) is 11.6. The number of hydrogen-bond donors (Lipinski definition) is 0. The molecule has 1 saturated heterocycles. The van der Waals surface area contributed by atoms with Crippen LogP contribution in [0.3, 0.4) is 0 Å². The molecule has 0 spiro atoms. The third-order valence-corrected chi connectivity index (χ3v) is 5.06. The van der Waals surface area contributed by atoms with Crippen LogP contribution < -0.4 is 0 Å². The Morgan fingerprint density at radius 2 is 2.12 bits per heavy atom. The molecule has 1 aromatic rings. The normalized spacial score (nSPS) is 17.0. The van der Waals surface area contributed by atoms with Crippen LogP contribution in [0.5, 0.6) is 0 Å². The van der Waals surface area contributed by atoms with Gasteiger partial charge in [0, 0.05) is 34.3 Å². The number of rotatable bonds is 2. The maximum Gasteiger partial charge on any atom is 0.410 e. The lowest BCUT2D eigenvalue weighted by Gasteiger charge is -2.35. The Hall–Kier alpha value is -0.950. The molecule has 1 aliphatic rings. The van der Waals surface area contributed by atoms with Crippen LogP contribution in [0.15, 0.2) is 6.20 Å². The zero-order valence-corrected chi connectivity index (χ0v) is 17.9. The summed E-state index contributed by atoms with van der Waals surface area (Å²) in [6, 6.07) is -0.0800. The predicted octanol–water partition coefficient (Wildman–Crippen LogP) is 4.62. The predicted molar refractivity (Wildman–Crippen MR) is 106 cm³/mol. The highest BCUT2D eigenvalue weighted by molar-refractivity contribution is 14.2. The van der Waals surface area contributed by atoms with Crippen LogP contribution in [-0.2, 0) is 4.74 Å². The Morgan fingerprint density at radius 3 is 2.68 bits per heavy atom. The molecule has 0 bridgehead atoms. The Bertz CT molecular complexity index is 670. The molecule has 2 heterocycles. The number of carbonyl (C=O) groups is 1. The Balaban J connectivity index is 1.96. The number of amides is 1. The van der Waals surface area contributed by atoms with E-state index in [1.165, 1.54) is 19.8 Å². The molecule has 1 atom stereocenters. The number of aromatic nitrogens is 2. The number of likely N-dealkylation sites (tertiary alicyclic amines) is 1. The van der Waals surface area contributed by atoms with Crippen LogP contribution in [-0.4, -0.2) is 39.5 Å². The third kappa shape index (κ3) is 5.51. The largest absolute Gasteiger partial charge is 0.444 e. The van der Waals surface area contributed by atoms with Gasteiger partial charge >= 0.3 is 6.09 Å². The Kier molecular flexibility index (Phi) is 7.02. The van der Waals surface area contributed by atoms with E-state index in [1.54, 1.807) is 4.90 Å². The van der Waals surface area contributed by atoms with Crippen molar-refractivity contribution in [3.05, 3.63) is 17.7 Å². The first kappa shape index (κ1) is 20.4. The number of halogens is 2. The standard InChI is InChI=1S/C17H23FIN3O2S/c1-12(22-15(18)14(11-20-22)7-10-25-19)13-5-8-21(9-6-13)16(23)24-17(2,3)4/h11-13H,5-6,8-9H2,1-4H3. The van der Waals surface area contributed by atoms with Crippen LogP contribution in [0.2, 0.25) is 0 Å². The van der Waals surface area contributed by atoms with E-state index in [0.717, 1.165) is 12.8 Å². The van der Waals surface area contributed by atoms with E-state index < -0.39 is 5.60 Å². The maximum atomic E-state index is 14.5. The van der Waals surface area contributed by atoms with Crippen LogP contribution >= 0.6 is 30.1 Å². The summed E-state index contributed by atoms with van der Waals surface area (Å²) in [5, 5.41) is 6.94. The lowest BCUT2D eigenvalue weighted by Crippen LogP contribution is -2.43. The monoisotopic (exact) mass is 479 g/mol. The zero-order chi connectivity index (χ0) is 18.6. The van der Waals surface area contributed by atoms with Gasteiger partial charge in [-0.3, -0.25) is 0 Å². The van der Waals surface area contributed by atoms with Crippen molar-refractivity contribution in [2.45, 2.75) is 52.2 Å². The molecule has 0 aromatic carbocycles. The molecule has 2 rings (SSSR count). The minimum atomic E-state index is -0.493. The number of nitrogens with zero attached hydrogens (tertiary/aromatic N) is 3. The molecule has 1 unspecified atom stereocenters. The molecule has 8 heteroatoms. The maximum absolute atomic E-state index is 14.5. The van der Waals surface area contributed by atoms with Crippen molar-refractivity contribution in [1.29, 1.82) is 0 Å². The second-order valence-electron chi connectivity index (χ2n) is 7.14. The number of hydrogen-bond acceptors (Lipinski definition) is 4. The smallest absolute Gasteiger partial charge is 0.410 e. The van der Waals surface area contributed by atoms with Crippen molar-refractivity contribution in [3.63, 3.8) is 0 Å². The van der Waals surface area contributed by atoms with E-state index in [2.05, 4.69) is 16.3 Å². The lowest BCUT2D eigenvalue weighted by molar-refractivity contribution is 0.0161. The summed E-state index contributed by atoms with van der Waals surface area (Å²) in [5.41, 5.74) is -0.171. The fourth-order valence-corrected chi connectivity index (χ4v) is 3.36. The lowest BCUT2D eigenvalue weighted by atomic mass is 9.90. The van der Waals surface area contributed by atoms with Gasteiger partial charge in [0.05, 0.1) is 12.2 Å². The highest BCUT2D eigenvalue weighted by atomic mass is 127. The van der Waals surface area contributed by atoms with E-state index in [4.69, 9.17) is 4.74 Å². The Morgan fingerprint density at radius 1 is 1.48 bits per heavy atom. The fraction of sp³-hybridized carbons (Fsp3) is 0.647. The number of ether oxygens (including phenoxy) is 1. The summed E-state index contributed by atoms with van der Waals surface area (Å²) in [4.78, 5) is 13.9. The average molecular weight is 479 g/mol. The van der Waals surface area contributed by atoms with Gasteiger partial charge in [0.2, 0.25) is 5.95 Å². The number of piperidine rings is 1. The zero-order valence-electron chi connectivity index (χ0n) is 14.9. The SMILES string of the molecule is CC(C1CCN(C(=O)OC(C)(C)C)CC1)n1ncc(C#CSI)c1F. The molecule has 0 radical (unpaired) electrons. The molecular formula is C17H23FIN3O2S. The van der Waals surface area contributed by atoms with Gasteiger partial charge in [-0.15, -0.1) is 0 Å². The third-order valence-electron chi connectivity index (χ3n) is 4.22. The molecule has 1 aliphatic heterocycles. The van der Waals surface area contributed by atoms with Gasteiger partial charge in [0.1, 0.15) is 11.2 Å². The van der Waals surface area contributed by atoms with Gasteiger partial charge in [-0.25, -0.2) is 9.48 Å². The van der Waals surface area contributed by atoms with Crippen molar-refractivity contribution in [1.82, 2.24) is 14.7 Å². The van der Waals surface area contributed by atoms with E-state index in [-0.39, 0.29) is 24.0 Å². The van der Waals surface area contributed by atoms with Crippen molar-refractivity contribution in [2.75, 3.05) is 13.1 Å². The summed E-state index contributed by atoms with van der Waals surface area (Å²) >= 11 is 2.05. The fourth-order valence-electron chi connectivity index (χ4n) is 2.88. The van der Waals surface area contributed by atoms with Crippen molar-refractivity contribution in [3.8, 4) is 11.2 Å². The highest BCUT2D eigenvalue weighted by Crippen LogP contribution is 2.30. The van der Waals surface area contributed by atoms with Crippen molar-refractivity contribution in [2.24, 2.45) is 5.92 Å². The minimum absolute atomic E-state index is 0.0800. The van der Waals surface area contributed by atoms with Gasteiger partial charge in [0.25, 0.3) is 0 Å². The van der Waals surface area contributed by atoms with Gasteiger partial charge in [-0.05, 0) is 66.6 Å². The molecule has 0 saturated carbocycles. The molecule has 0 aliphatic carbocycles. The summed E-state index contributed by atoms with van der Waals surface area (Å²) in [7, 11) is 1.31. The molecular weight excluding hydrogens is 456 g/mol. The summed E-state index contributed by atoms with van der Waals surface area (Å²) in [6.07, 6.45) is 2.79. The van der Waals surface area contributed by atoms with E-state index in [0.29, 0.717) is 18.7 Å². The Labute approximate surface area is 164 Å². The van der Waals surface area contributed by atoms with Crippen molar-refractivity contribution < 1.29 is 13.9 Å². The summed E-state index contributed by atoms with van der Waals surface area (Å²) < 4.78 is 21.3. The second-order valence-corrected chi connectivity index (χ2v) is 8.82. The van der Waals surface area contributed by atoms with Crippen LogP contribution in [0.25, 0.3) is 0 Å². The van der Waals surface area contributed by atoms with Gasteiger partial charge in [0.15, 0.2) is 0 Å². The molecule has 1 fully saturated rings. The number of carbonyl (C=O) groups excluding carboxylic acids is 1. The molecule has 0 N–H and O–H groups in total. The van der Waals surface area contributed by atoms with Gasteiger partial charge < -0.3 is 9.64 Å². The van der Waals surface area contributed by atoms with Crippen molar-refractivity contribution >= 4 is 36.2 Å². The highest BCUT2D eigenvalue weighted by Gasteiger charge is 2.31. The quantitative estimate of drug-likeness (QED) is 0.459. The molecule has 25 heavy (non-hydrogen) atoms. The first-order valence-electron chi connectivity index (χ1n) is 8.22. The second kappa shape index (κ2) is 8.62. The average Bonchev–Trinajstić information content (AvgIpc) is 2.91. The molecule has 1 aromatic heterocycles. The topological polar surface area (TPSA) is 47.4 Å². The first-order chi connectivity index (χ1) is 11.7.